The van der Waals surface area contributed by atoms with Crippen LogP contribution in [0, 0.1) is 11.8 Å². The summed E-state index contributed by atoms with van der Waals surface area (Å²) in [6.07, 6.45) is 4.63. The minimum absolute atomic E-state index is 0.0515. The standard InChI is InChI=1S/C25H27N3O5S/c1-24(23(30)27-31,34(2,32)33)13-14-28-22-10-7-19(15-20(22)16-26-28)4-3-18-5-8-21(9-6-18)25(17-29)11-12-25/h5-10,15-16,29,31H,11-14,17H2,1-2H3,(H,27,30). The summed E-state index contributed by atoms with van der Waals surface area (Å²) in [4.78, 5) is 12.0. The number of hydrogen-bond acceptors (Lipinski definition) is 6. The van der Waals surface area contributed by atoms with Gasteiger partial charge in [0.1, 0.15) is 0 Å². The molecule has 1 heterocycles. The number of fused-ring (bicyclic) bond motifs is 1. The molecule has 1 aliphatic rings. The second-order valence-corrected chi connectivity index (χ2v) is 11.5. The number of sulfone groups is 1. The molecule has 34 heavy (non-hydrogen) atoms. The van der Waals surface area contributed by atoms with Gasteiger partial charge in [-0.3, -0.25) is 14.7 Å². The van der Waals surface area contributed by atoms with Crippen molar-refractivity contribution < 1.29 is 23.5 Å². The second-order valence-electron chi connectivity index (χ2n) is 9.10. The van der Waals surface area contributed by atoms with E-state index in [2.05, 4.69) is 16.9 Å². The van der Waals surface area contributed by atoms with E-state index in [0.717, 1.165) is 46.7 Å². The third-order valence-electron chi connectivity index (χ3n) is 6.85. The molecule has 0 aliphatic heterocycles. The average molecular weight is 482 g/mol. The molecule has 4 rings (SSSR count). The molecule has 8 nitrogen and oxygen atoms in total. The van der Waals surface area contributed by atoms with Crippen LogP contribution in [0.15, 0.2) is 48.7 Å². The fraction of sp³-hybridized carbons (Fsp3) is 0.360. The quantitative estimate of drug-likeness (QED) is 0.270. The predicted molar refractivity (Wildman–Crippen MR) is 128 cm³/mol. The minimum Gasteiger partial charge on any atom is -0.395 e. The van der Waals surface area contributed by atoms with Crippen LogP contribution in [0.1, 0.15) is 42.9 Å². The molecule has 3 N–H and O–H groups in total. The van der Waals surface area contributed by atoms with E-state index in [9.17, 15) is 18.3 Å². The summed E-state index contributed by atoms with van der Waals surface area (Å²) in [6, 6.07) is 13.6. The van der Waals surface area contributed by atoms with Crippen LogP contribution in [0.5, 0.6) is 0 Å². The molecular formula is C25H27N3O5S. The summed E-state index contributed by atoms with van der Waals surface area (Å²) < 4.78 is 24.2. The van der Waals surface area contributed by atoms with E-state index >= 15 is 0 Å². The van der Waals surface area contributed by atoms with Crippen LogP contribution in [-0.2, 0) is 26.6 Å². The maximum absolute atomic E-state index is 12.2. The number of amides is 1. The first-order valence-electron chi connectivity index (χ1n) is 10.9. The fourth-order valence-corrected chi connectivity index (χ4v) is 4.83. The van der Waals surface area contributed by atoms with Crippen molar-refractivity contribution in [2.24, 2.45) is 0 Å². The first-order chi connectivity index (χ1) is 16.1. The number of carbonyl (C=O) groups excluding carboxylic acids is 1. The molecule has 2 aromatic carbocycles. The highest BCUT2D eigenvalue weighted by Gasteiger charge is 2.44. The number of carbonyl (C=O) groups is 1. The zero-order chi connectivity index (χ0) is 24.6. The van der Waals surface area contributed by atoms with Crippen LogP contribution in [0.25, 0.3) is 10.9 Å². The first-order valence-corrected chi connectivity index (χ1v) is 12.8. The van der Waals surface area contributed by atoms with Crippen LogP contribution in [0.2, 0.25) is 0 Å². The molecule has 0 saturated heterocycles. The molecule has 1 amide bonds. The highest BCUT2D eigenvalue weighted by atomic mass is 32.2. The number of aliphatic hydroxyl groups is 1. The van der Waals surface area contributed by atoms with Gasteiger partial charge in [0.25, 0.3) is 5.91 Å². The number of aryl methyl sites for hydroxylation is 1. The monoisotopic (exact) mass is 481 g/mol. The Morgan fingerprint density at radius 2 is 1.82 bits per heavy atom. The zero-order valence-corrected chi connectivity index (χ0v) is 19.9. The summed E-state index contributed by atoms with van der Waals surface area (Å²) in [5.41, 5.74) is 5.03. The molecular weight excluding hydrogens is 454 g/mol. The van der Waals surface area contributed by atoms with Gasteiger partial charge in [0.15, 0.2) is 14.6 Å². The van der Waals surface area contributed by atoms with Gasteiger partial charge in [0.2, 0.25) is 0 Å². The molecule has 1 fully saturated rings. The molecule has 1 saturated carbocycles. The van der Waals surface area contributed by atoms with Gasteiger partial charge >= 0.3 is 0 Å². The van der Waals surface area contributed by atoms with Crippen molar-refractivity contribution in [1.82, 2.24) is 15.3 Å². The molecule has 178 valence electrons. The van der Waals surface area contributed by atoms with Crippen LogP contribution >= 0.6 is 0 Å². The number of aliphatic hydroxyl groups excluding tert-OH is 1. The minimum atomic E-state index is -3.78. The molecule has 1 aromatic heterocycles. The summed E-state index contributed by atoms with van der Waals surface area (Å²) in [5, 5.41) is 23.7. The van der Waals surface area contributed by atoms with Crippen LogP contribution < -0.4 is 5.48 Å². The Balaban J connectivity index is 1.50. The van der Waals surface area contributed by atoms with Crippen molar-refractivity contribution in [1.29, 1.82) is 0 Å². The van der Waals surface area contributed by atoms with Gasteiger partial charge in [-0.1, -0.05) is 24.0 Å². The Labute approximate surface area is 198 Å². The van der Waals surface area contributed by atoms with Crippen LogP contribution in [-0.4, -0.2) is 52.0 Å². The second kappa shape index (κ2) is 8.87. The lowest BCUT2D eigenvalue weighted by molar-refractivity contribution is -0.131. The lowest BCUT2D eigenvalue weighted by Crippen LogP contribution is -2.49. The molecule has 1 unspecified atom stereocenters. The fourth-order valence-electron chi connectivity index (χ4n) is 3.99. The molecule has 0 bridgehead atoms. The summed E-state index contributed by atoms with van der Waals surface area (Å²) in [6.45, 7) is 1.63. The average Bonchev–Trinajstić information content (AvgIpc) is 3.53. The molecule has 3 aromatic rings. The maximum atomic E-state index is 12.2. The zero-order valence-electron chi connectivity index (χ0n) is 19.1. The van der Waals surface area contributed by atoms with Crippen molar-refractivity contribution >= 4 is 26.6 Å². The van der Waals surface area contributed by atoms with E-state index in [0.29, 0.717) is 0 Å². The van der Waals surface area contributed by atoms with Crippen molar-refractivity contribution in [3.05, 3.63) is 65.4 Å². The van der Waals surface area contributed by atoms with Gasteiger partial charge in [-0.15, -0.1) is 0 Å². The Morgan fingerprint density at radius 3 is 2.41 bits per heavy atom. The smallest absolute Gasteiger partial charge is 0.264 e. The highest BCUT2D eigenvalue weighted by Crippen LogP contribution is 2.47. The Kier molecular flexibility index (Phi) is 6.25. The van der Waals surface area contributed by atoms with Gasteiger partial charge in [0.05, 0.1) is 18.3 Å². The van der Waals surface area contributed by atoms with E-state index in [1.165, 1.54) is 12.4 Å². The third-order valence-corrected chi connectivity index (χ3v) is 8.87. The van der Waals surface area contributed by atoms with Crippen LogP contribution in [0.3, 0.4) is 0 Å². The van der Waals surface area contributed by atoms with Gasteiger partial charge in [0, 0.05) is 34.7 Å². The van der Waals surface area contributed by atoms with Crippen molar-refractivity contribution in [3.63, 3.8) is 0 Å². The predicted octanol–water partition coefficient (Wildman–Crippen LogP) is 2.16. The van der Waals surface area contributed by atoms with E-state index in [1.54, 1.807) is 10.9 Å². The van der Waals surface area contributed by atoms with Crippen molar-refractivity contribution in [2.75, 3.05) is 12.9 Å². The number of nitrogens with one attached hydrogen (secondary N) is 1. The lowest BCUT2D eigenvalue weighted by atomic mass is 9.96. The van der Waals surface area contributed by atoms with E-state index in [4.69, 9.17) is 5.21 Å². The number of hydrogen-bond donors (Lipinski definition) is 3. The summed E-state index contributed by atoms with van der Waals surface area (Å²) >= 11 is 0. The van der Waals surface area contributed by atoms with Gasteiger partial charge < -0.3 is 5.11 Å². The number of rotatable bonds is 7. The number of nitrogens with zero attached hydrogens (tertiary/aromatic N) is 2. The molecule has 9 heteroatoms. The van der Waals surface area contributed by atoms with Crippen LogP contribution in [0.4, 0.5) is 0 Å². The SMILES string of the molecule is CC(CCn1ncc2cc(C#Cc3ccc(C4(CO)CC4)cc3)ccc21)(C(=O)NO)S(C)(=O)=O. The number of aromatic nitrogens is 2. The summed E-state index contributed by atoms with van der Waals surface area (Å²) in [7, 11) is -3.78. The van der Waals surface area contributed by atoms with Crippen molar-refractivity contribution in [3.8, 4) is 11.8 Å². The lowest BCUT2D eigenvalue weighted by Gasteiger charge is -2.25. The van der Waals surface area contributed by atoms with E-state index in [-0.39, 0.29) is 25.0 Å². The van der Waals surface area contributed by atoms with Gasteiger partial charge in [-0.25, -0.2) is 13.9 Å². The Morgan fingerprint density at radius 1 is 1.18 bits per heavy atom. The number of hydroxylamine groups is 1. The number of benzene rings is 2. The summed E-state index contributed by atoms with van der Waals surface area (Å²) in [5.74, 6) is 5.34. The van der Waals surface area contributed by atoms with Gasteiger partial charge in [-0.05, 0) is 62.1 Å². The van der Waals surface area contributed by atoms with E-state index < -0.39 is 20.5 Å². The normalized spacial score (nSPS) is 16.4. The molecule has 1 atom stereocenters. The largest absolute Gasteiger partial charge is 0.395 e. The van der Waals surface area contributed by atoms with Gasteiger partial charge in [-0.2, -0.15) is 5.10 Å². The Hall–Kier alpha value is -3.19. The highest BCUT2D eigenvalue weighted by molar-refractivity contribution is 7.92. The molecule has 1 aliphatic carbocycles. The van der Waals surface area contributed by atoms with E-state index in [1.807, 2.05) is 42.5 Å². The topological polar surface area (TPSA) is 122 Å². The maximum Gasteiger partial charge on any atom is 0.264 e. The molecule has 0 spiro atoms. The molecule has 0 radical (unpaired) electrons. The Bertz CT molecular complexity index is 1400. The third kappa shape index (κ3) is 4.44. The van der Waals surface area contributed by atoms with Crippen molar-refractivity contribution in [2.45, 2.75) is 42.9 Å². The first kappa shape index (κ1) is 24.0.